The predicted octanol–water partition coefficient (Wildman–Crippen LogP) is 3.85. The fourth-order valence-electron chi connectivity index (χ4n) is 6.37. The van der Waals surface area contributed by atoms with Gasteiger partial charge in [-0.3, -0.25) is 10.0 Å². The van der Waals surface area contributed by atoms with Crippen LogP contribution in [-0.2, 0) is 11.3 Å². The summed E-state index contributed by atoms with van der Waals surface area (Å²) in [6.07, 6.45) is 11.9. The second-order valence-electron chi connectivity index (χ2n) is 9.14. The van der Waals surface area contributed by atoms with Crippen molar-refractivity contribution in [3.05, 3.63) is 41.5 Å². The number of amides is 1. The summed E-state index contributed by atoms with van der Waals surface area (Å²) in [4.78, 5) is 13.6. The van der Waals surface area contributed by atoms with Gasteiger partial charge >= 0.3 is 0 Å². The van der Waals surface area contributed by atoms with E-state index in [1.807, 2.05) is 12.1 Å². The number of benzene rings is 1. The first-order valence-corrected chi connectivity index (χ1v) is 9.93. The Kier molecular flexibility index (Phi) is 4.89. The van der Waals surface area contributed by atoms with E-state index < -0.39 is 5.91 Å². The summed E-state index contributed by atoms with van der Waals surface area (Å²) in [5.41, 5.74) is 4.45. The molecule has 4 aliphatic carbocycles. The van der Waals surface area contributed by atoms with Gasteiger partial charge in [0, 0.05) is 19.2 Å². The summed E-state index contributed by atoms with van der Waals surface area (Å²) in [5, 5.41) is 8.52. The summed E-state index contributed by atoms with van der Waals surface area (Å²) in [5.74, 6) is 2.52. The Bertz CT molecular complexity index is 645. The molecule has 0 unspecified atom stereocenters. The Balaban J connectivity index is 1.34. The van der Waals surface area contributed by atoms with Crippen LogP contribution in [0.4, 0.5) is 0 Å². The number of hydroxylamine groups is 1. The predicted molar refractivity (Wildman–Crippen MR) is 102 cm³/mol. The average molecular weight is 354 g/mol. The molecule has 4 bridgehead atoms. The molecule has 0 saturated heterocycles. The van der Waals surface area contributed by atoms with Gasteiger partial charge < -0.3 is 4.90 Å². The van der Waals surface area contributed by atoms with Crippen LogP contribution in [0, 0.1) is 23.2 Å². The van der Waals surface area contributed by atoms with Crippen LogP contribution >= 0.6 is 0 Å². The van der Waals surface area contributed by atoms with Crippen molar-refractivity contribution in [1.29, 1.82) is 0 Å². The zero-order valence-corrected chi connectivity index (χ0v) is 15.7. The molecule has 0 aromatic heterocycles. The molecule has 1 amide bonds. The fraction of sp³-hybridized carbons (Fsp3) is 0.591. The Morgan fingerprint density at radius 3 is 2.27 bits per heavy atom. The molecular weight excluding hydrogens is 324 g/mol. The summed E-state index contributed by atoms with van der Waals surface area (Å²) in [6, 6.07) is 8.31. The number of carbonyl (C=O) groups is 1. The molecule has 2 N–H and O–H groups in total. The molecule has 0 spiro atoms. The van der Waals surface area contributed by atoms with Crippen molar-refractivity contribution in [3.63, 3.8) is 0 Å². The van der Waals surface area contributed by atoms with Gasteiger partial charge in [-0.25, -0.2) is 5.48 Å². The van der Waals surface area contributed by atoms with E-state index in [0.717, 1.165) is 29.9 Å². The average Bonchev–Trinajstić information content (AvgIpc) is 2.59. The van der Waals surface area contributed by atoms with Gasteiger partial charge in [-0.2, -0.15) is 0 Å². The van der Waals surface area contributed by atoms with Gasteiger partial charge in [0.2, 0.25) is 0 Å². The summed E-state index contributed by atoms with van der Waals surface area (Å²) < 4.78 is 0. The van der Waals surface area contributed by atoms with Crippen LogP contribution in [0.1, 0.15) is 49.7 Å². The van der Waals surface area contributed by atoms with Gasteiger partial charge in [0.1, 0.15) is 0 Å². The maximum atomic E-state index is 11.0. The highest BCUT2D eigenvalue weighted by molar-refractivity contribution is 5.90. The van der Waals surface area contributed by atoms with Gasteiger partial charge in [-0.05, 0) is 85.9 Å². The molecule has 0 atom stereocenters. The lowest BCUT2D eigenvalue weighted by Gasteiger charge is -2.57. The lowest BCUT2D eigenvalue weighted by atomic mass is 9.49. The Morgan fingerprint density at radius 1 is 1.15 bits per heavy atom. The van der Waals surface area contributed by atoms with E-state index in [1.165, 1.54) is 56.7 Å². The first-order valence-electron chi connectivity index (χ1n) is 9.93. The van der Waals surface area contributed by atoms with Crippen LogP contribution in [0.2, 0.25) is 0 Å². The molecule has 4 saturated carbocycles. The van der Waals surface area contributed by atoms with Crippen LogP contribution in [0.25, 0.3) is 6.08 Å². The van der Waals surface area contributed by atoms with E-state index in [0.29, 0.717) is 5.41 Å². The SMILES string of the molecule is CN(Cc1ccc(/C=C/C(=O)NO)cc1)CC12C[C@H]3C[C@H](C1)C[C@@H](C2)C3. The highest BCUT2D eigenvalue weighted by Gasteiger charge is 2.50. The van der Waals surface area contributed by atoms with Crippen LogP contribution in [-0.4, -0.2) is 29.6 Å². The van der Waals surface area contributed by atoms with Gasteiger partial charge in [0.25, 0.3) is 5.91 Å². The molecule has 0 radical (unpaired) electrons. The van der Waals surface area contributed by atoms with E-state index in [-0.39, 0.29) is 0 Å². The first-order chi connectivity index (χ1) is 12.5. The Morgan fingerprint density at radius 2 is 1.73 bits per heavy atom. The van der Waals surface area contributed by atoms with Crippen molar-refractivity contribution in [1.82, 2.24) is 10.4 Å². The standard InChI is InChI=1S/C22H30N2O2/c1-24(14-17-4-2-16(3-5-17)6-7-21(25)23-26)15-22-11-18-8-19(12-22)10-20(9-18)13-22/h2-7,18-20,26H,8-15H2,1H3,(H,23,25)/b7-6+/t18-,19-,20-,22?. The number of rotatable bonds is 6. The van der Waals surface area contributed by atoms with E-state index in [9.17, 15) is 4.79 Å². The van der Waals surface area contributed by atoms with Crippen LogP contribution in [0.5, 0.6) is 0 Å². The highest BCUT2D eigenvalue weighted by Crippen LogP contribution is 2.60. The molecule has 4 nitrogen and oxygen atoms in total. The summed E-state index contributed by atoms with van der Waals surface area (Å²) >= 11 is 0. The normalized spacial score (nSPS) is 32.5. The summed E-state index contributed by atoms with van der Waals surface area (Å²) in [7, 11) is 2.26. The Labute approximate surface area is 156 Å². The number of nitrogens with one attached hydrogen (secondary N) is 1. The van der Waals surface area contributed by atoms with Crippen molar-refractivity contribution in [2.45, 2.75) is 45.1 Å². The molecule has 4 aliphatic rings. The minimum absolute atomic E-state index is 0.510. The monoisotopic (exact) mass is 354 g/mol. The number of carbonyl (C=O) groups excluding carboxylic acids is 1. The first kappa shape index (κ1) is 17.7. The highest BCUT2D eigenvalue weighted by atomic mass is 16.5. The van der Waals surface area contributed by atoms with Crippen molar-refractivity contribution < 1.29 is 10.0 Å². The lowest BCUT2D eigenvalue weighted by Crippen LogP contribution is -2.50. The molecule has 140 valence electrons. The van der Waals surface area contributed by atoms with E-state index in [4.69, 9.17) is 5.21 Å². The number of nitrogens with zero attached hydrogens (tertiary/aromatic N) is 1. The Hall–Kier alpha value is -1.65. The van der Waals surface area contributed by atoms with E-state index in [2.05, 4.69) is 24.1 Å². The number of hydrogen-bond acceptors (Lipinski definition) is 3. The van der Waals surface area contributed by atoms with Gasteiger partial charge in [-0.15, -0.1) is 0 Å². The zero-order valence-electron chi connectivity index (χ0n) is 15.7. The second-order valence-corrected chi connectivity index (χ2v) is 9.14. The maximum Gasteiger partial charge on any atom is 0.267 e. The molecule has 0 aliphatic heterocycles. The smallest absolute Gasteiger partial charge is 0.267 e. The van der Waals surface area contributed by atoms with Crippen molar-refractivity contribution in [2.24, 2.45) is 23.2 Å². The molecule has 4 fully saturated rings. The quantitative estimate of drug-likeness (QED) is 0.463. The lowest BCUT2D eigenvalue weighted by molar-refractivity contribution is -0.124. The third-order valence-electron chi connectivity index (χ3n) is 6.74. The minimum atomic E-state index is -0.510. The third-order valence-corrected chi connectivity index (χ3v) is 6.74. The molecule has 26 heavy (non-hydrogen) atoms. The largest absolute Gasteiger partial charge is 0.302 e. The van der Waals surface area contributed by atoms with Gasteiger partial charge in [0.15, 0.2) is 0 Å². The molecule has 1 aromatic carbocycles. The van der Waals surface area contributed by atoms with Crippen molar-refractivity contribution >= 4 is 12.0 Å². The van der Waals surface area contributed by atoms with Crippen molar-refractivity contribution in [2.75, 3.05) is 13.6 Å². The van der Waals surface area contributed by atoms with Gasteiger partial charge in [-0.1, -0.05) is 24.3 Å². The van der Waals surface area contributed by atoms with Gasteiger partial charge in [0.05, 0.1) is 0 Å². The van der Waals surface area contributed by atoms with Crippen LogP contribution in [0.15, 0.2) is 30.3 Å². The molecular formula is C22H30N2O2. The van der Waals surface area contributed by atoms with Crippen LogP contribution < -0.4 is 5.48 Å². The number of hydrogen-bond donors (Lipinski definition) is 2. The topological polar surface area (TPSA) is 52.6 Å². The fourth-order valence-corrected chi connectivity index (χ4v) is 6.37. The third kappa shape index (κ3) is 3.86. The zero-order chi connectivity index (χ0) is 18.1. The molecule has 1 aromatic rings. The van der Waals surface area contributed by atoms with E-state index >= 15 is 0 Å². The second kappa shape index (κ2) is 7.16. The minimum Gasteiger partial charge on any atom is -0.302 e. The van der Waals surface area contributed by atoms with E-state index in [1.54, 1.807) is 11.6 Å². The maximum absolute atomic E-state index is 11.0. The summed E-state index contributed by atoms with van der Waals surface area (Å²) in [6.45, 7) is 2.21. The van der Waals surface area contributed by atoms with Crippen LogP contribution in [0.3, 0.4) is 0 Å². The van der Waals surface area contributed by atoms with Crippen molar-refractivity contribution in [3.8, 4) is 0 Å². The molecule has 5 rings (SSSR count). The molecule has 0 heterocycles. The molecule has 4 heteroatoms.